The molecule has 0 unspecified atom stereocenters. The van der Waals surface area contributed by atoms with Crippen molar-refractivity contribution in [1.82, 2.24) is 0 Å². The number of rotatable bonds is 4. The Morgan fingerprint density at radius 1 is 1.18 bits per heavy atom. The predicted molar refractivity (Wildman–Crippen MR) is 86.3 cm³/mol. The molecule has 2 rings (SSSR count). The number of non-ortho nitro benzene ring substituents is 1. The van der Waals surface area contributed by atoms with Crippen molar-refractivity contribution in [2.24, 2.45) is 0 Å². The molecular formula is C17H18N2O3. The smallest absolute Gasteiger partial charge is 0.270 e. The molecule has 0 aliphatic carbocycles. The number of amides is 1. The third-order valence-electron chi connectivity index (χ3n) is 3.50. The standard InChI is InChI=1S/C17H18N2O3/c1-11(2)13-8-7-12(3)16(10-13)18-17(20)14-5-4-6-15(9-14)19(21)22/h4-11H,1-3H3,(H,18,20). The van der Waals surface area contributed by atoms with Crippen molar-refractivity contribution in [2.75, 3.05) is 5.32 Å². The van der Waals surface area contributed by atoms with Crippen molar-refractivity contribution >= 4 is 17.3 Å². The fourth-order valence-electron chi connectivity index (χ4n) is 2.09. The fourth-order valence-corrected chi connectivity index (χ4v) is 2.09. The van der Waals surface area contributed by atoms with Crippen LogP contribution in [0.25, 0.3) is 0 Å². The van der Waals surface area contributed by atoms with Crippen LogP contribution in [0.2, 0.25) is 0 Å². The predicted octanol–water partition coefficient (Wildman–Crippen LogP) is 4.28. The van der Waals surface area contributed by atoms with Gasteiger partial charge in [0.05, 0.1) is 4.92 Å². The zero-order valence-electron chi connectivity index (χ0n) is 12.8. The van der Waals surface area contributed by atoms with Gasteiger partial charge in [0, 0.05) is 23.4 Å². The zero-order valence-corrected chi connectivity index (χ0v) is 12.8. The lowest BCUT2D eigenvalue weighted by molar-refractivity contribution is -0.384. The summed E-state index contributed by atoms with van der Waals surface area (Å²) in [4.78, 5) is 22.6. The van der Waals surface area contributed by atoms with Crippen molar-refractivity contribution in [2.45, 2.75) is 26.7 Å². The Kier molecular flexibility index (Phi) is 4.56. The van der Waals surface area contributed by atoms with Gasteiger partial charge >= 0.3 is 0 Å². The number of nitrogens with zero attached hydrogens (tertiary/aromatic N) is 1. The SMILES string of the molecule is Cc1ccc(C(C)C)cc1NC(=O)c1cccc([N+](=O)[O-])c1. The maximum absolute atomic E-state index is 12.3. The zero-order chi connectivity index (χ0) is 16.3. The molecule has 0 spiro atoms. The Morgan fingerprint density at radius 2 is 1.91 bits per heavy atom. The van der Waals surface area contributed by atoms with E-state index >= 15 is 0 Å². The molecular weight excluding hydrogens is 280 g/mol. The number of hydrogen-bond donors (Lipinski definition) is 1. The molecule has 0 radical (unpaired) electrons. The molecule has 0 aromatic heterocycles. The first-order chi connectivity index (χ1) is 10.4. The number of nitrogens with one attached hydrogen (secondary N) is 1. The summed E-state index contributed by atoms with van der Waals surface area (Å²) in [5, 5.41) is 13.6. The first-order valence-electron chi connectivity index (χ1n) is 7.05. The van der Waals surface area contributed by atoms with Crippen LogP contribution in [0.15, 0.2) is 42.5 Å². The first kappa shape index (κ1) is 15.7. The van der Waals surface area contributed by atoms with Crippen molar-refractivity contribution in [1.29, 1.82) is 0 Å². The third-order valence-corrected chi connectivity index (χ3v) is 3.50. The molecule has 114 valence electrons. The minimum atomic E-state index is -0.512. The first-order valence-corrected chi connectivity index (χ1v) is 7.05. The highest BCUT2D eigenvalue weighted by atomic mass is 16.6. The average molecular weight is 298 g/mol. The van der Waals surface area contributed by atoms with Crippen LogP contribution in [0.1, 0.15) is 41.3 Å². The minimum Gasteiger partial charge on any atom is -0.322 e. The average Bonchev–Trinajstić information content (AvgIpc) is 2.49. The van der Waals surface area contributed by atoms with E-state index in [-0.39, 0.29) is 17.2 Å². The molecule has 2 aromatic carbocycles. The van der Waals surface area contributed by atoms with E-state index in [1.807, 2.05) is 25.1 Å². The monoisotopic (exact) mass is 298 g/mol. The topological polar surface area (TPSA) is 72.2 Å². The highest BCUT2D eigenvalue weighted by molar-refractivity contribution is 6.05. The molecule has 5 heteroatoms. The molecule has 0 heterocycles. The van der Waals surface area contributed by atoms with E-state index in [0.717, 1.165) is 16.8 Å². The van der Waals surface area contributed by atoms with Gasteiger partial charge in [0.15, 0.2) is 0 Å². The summed E-state index contributed by atoms with van der Waals surface area (Å²) < 4.78 is 0. The quantitative estimate of drug-likeness (QED) is 0.676. The van der Waals surface area contributed by atoms with Crippen LogP contribution in [0.5, 0.6) is 0 Å². The molecule has 0 fully saturated rings. The Labute approximate surface area is 129 Å². The van der Waals surface area contributed by atoms with Crippen molar-refractivity contribution in [3.05, 3.63) is 69.3 Å². The largest absolute Gasteiger partial charge is 0.322 e. The van der Waals surface area contributed by atoms with Crippen LogP contribution in [0, 0.1) is 17.0 Å². The Balaban J connectivity index is 2.27. The van der Waals surface area contributed by atoms with Crippen molar-refractivity contribution in [3.8, 4) is 0 Å². The molecule has 0 atom stereocenters. The summed E-state index contributed by atoms with van der Waals surface area (Å²) in [7, 11) is 0. The number of aryl methyl sites for hydroxylation is 1. The van der Waals surface area contributed by atoms with Crippen molar-refractivity contribution in [3.63, 3.8) is 0 Å². The number of carbonyl (C=O) groups excluding carboxylic acids is 1. The molecule has 0 aliphatic rings. The van der Waals surface area contributed by atoms with E-state index in [1.165, 1.54) is 18.2 Å². The van der Waals surface area contributed by atoms with Gasteiger partial charge in [-0.1, -0.05) is 32.0 Å². The second kappa shape index (κ2) is 6.39. The van der Waals surface area contributed by atoms with E-state index in [2.05, 4.69) is 19.2 Å². The highest BCUT2D eigenvalue weighted by Gasteiger charge is 2.13. The number of anilines is 1. The highest BCUT2D eigenvalue weighted by Crippen LogP contribution is 2.23. The maximum Gasteiger partial charge on any atom is 0.270 e. The summed E-state index contributed by atoms with van der Waals surface area (Å²) in [6.45, 7) is 6.07. The number of carbonyl (C=O) groups is 1. The molecule has 1 N–H and O–H groups in total. The summed E-state index contributed by atoms with van der Waals surface area (Å²) in [6, 6.07) is 11.6. The molecule has 0 aliphatic heterocycles. The Morgan fingerprint density at radius 3 is 2.55 bits per heavy atom. The maximum atomic E-state index is 12.3. The van der Waals surface area contributed by atoms with Gasteiger partial charge in [0.2, 0.25) is 0 Å². The molecule has 0 saturated heterocycles. The van der Waals surface area contributed by atoms with E-state index in [9.17, 15) is 14.9 Å². The second-order valence-corrected chi connectivity index (χ2v) is 5.49. The summed E-state index contributed by atoms with van der Waals surface area (Å²) >= 11 is 0. The molecule has 2 aromatic rings. The lowest BCUT2D eigenvalue weighted by Crippen LogP contribution is -2.13. The van der Waals surface area contributed by atoms with E-state index in [0.29, 0.717) is 5.92 Å². The number of nitro benzene ring substituents is 1. The normalized spacial score (nSPS) is 10.5. The Bertz CT molecular complexity index is 724. The van der Waals surface area contributed by atoms with E-state index < -0.39 is 4.92 Å². The number of benzene rings is 2. The van der Waals surface area contributed by atoms with Crippen LogP contribution in [0.3, 0.4) is 0 Å². The lowest BCUT2D eigenvalue weighted by Gasteiger charge is -2.12. The molecule has 22 heavy (non-hydrogen) atoms. The van der Waals surface area contributed by atoms with Gasteiger partial charge in [-0.3, -0.25) is 14.9 Å². The number of nitro groups is 1. The van der Waals surface area contributed by atoms with Crippen LogP contribution in [0.4, 0.5) is 11.4 Å². The molecule has 0 bridgehead atoms. The minimum absolute atomic E-state index is 0.0969. The van der Waals surface area contributed by atoms with Crippen LogP contribution in [-0.4, -0.2) is 10.8 Å². The molecule has 1 amide bonds. The van der Waals surface area contributed by atoms with E-state index in [4.69, 9.17) is 0 Å². The fraction of sp³-hybridized carbons (Fsp3) is 0.235. The van der Waals surface area contributed by atoms with Gasteiger partial charge < -0.3 is 5.32 Å². The summed E-state index contributed by atoms with van der Waals surface area (Å²) in [5.74, 6) is 0.00164. The number of hydrogen-bond acceptors (Lipinski definition) is 3. The Hall–Kier alpha value is -2.69. The van der Waals surface area contributed by atoms with E-state index in [1.54, 1.807) is 6.07 Å². The third kappa shape index (κ3) is 3.49. The van der Waals surface area contributed by atoms with Crippen LogP contribution < -0.4 is 5.32 Å². The van der Waals surface area contributed by atoms with Gasteiger partial charge in [-0.2, -0.15) is 0 Å². The van der Waals surface area contributed by atoms with Crippen LogP contribution in [-0.2, 0) is 0 Å². The van der Waals surface area contributed by atoms with Crippen molar-refractivity contribution < 1.29 is 9.72 Å². The molecule has 5 nitrogen and oxygen atoms in total. The van der Waals surface area contributed by atoms with Gasteiger partial charge in [0.25, 0.3) is 11.6 Å². The summed E-state index contributed by atoms with van der Waals surface area (Å²) in [5.41, 5.74) is 2.97. The van der Waals surface area contributed by atoms with Gasteiger partial charge in [-0.15, -0.1) is 0 Å². The van der Waals surface area contributed by atoms with Crippen LogP contribution >= 0.6 is 0 Å². The second-order valence-electron chi connectivity index (χ2n) is 5.49. The molecule has 0 saturated carbocycles. The van der Waals surface area contributed by atoms with Gasteiger partial charge in [-0.25, -0.2) is 0 Å². The summed E-state index contributed by atoms with van der Waals surface area (Å²) in [6.07, 6.45) is 0. The van der Waals surface area contributed by atoms with Gasteiger partial charge in [0.1, 0.15) is 0 Å². The lowest BCUT2D eigenvalue weighted by atomic mass is 10.0. The van der Waals surface area contributed by atoms with Gasteiger partial charge in [-0.05, 0) is 36.1 Å².